The third-order valence-corrected chi connectivity index (χ3v) is 1.92. The molecule has 0 heterocycles. The van der Waals surface area contributed by atoms with Crippen LogP contribution in [0.15, 0.2) is 35.5 Å². The molecule has 40 valence electrons. The molecular weight excluding hydrogens is 96.1 g/mol. The highest BCUT2D eigenvalue weighted by Gasteiger charge is 2.16. The van der Waals surface area contributed by atoms with E-state index in [-0.39, 0.29) is 0 Å². The Hall–Kier alpha value is -0.780. The predicted octanol–water partition coefficient (Wildman–Crippen LogP) is 2.06. The molecule has 0 atom stereocenters. The fraction of sp³-hybridized carbons (Fsp3) is 0.250. The Morgan fingerprint density at radius 3 is 2.00 bits per heavy atom. The van der Waals surface area contributed by atoms with Crippen LogP contribution < -0.4 is 0 Å². The van der Waals surface area contributed by atoms with Crippen molar-refractivity contribution in [2.45, 2.75) is 6.92 Å². The van der Waals surface area contributed by atoms with Gasteiger partial charge in [0, 0.05) is 5.92 Å². The van der Waals surface area contributed by atoms with Crippen molar-refractivity contribution >= 4 is 0 Å². The van der Waals surface area contributed by atoms with E-state index < -0.39 is 0 Å². The van der Waals surface area contributed by atoms with Crippen LogP contribution in [-0.4, -0.2) is 0 Å². The summed E-state index contributed by atoms with van der Waals surface area (Å²) < 4.78 is 0. The zero-order chi connectivity index (χ0) is 5.56. The molecule has 0 saturated carbocycles. The van der Waals surface area contributed by atoms with Crippen LogP contribution in [0.25, 0.3) is 0 Å². The first kappa shape index (κ1) is 4.13. The van der Waals surface area contributed by atoms with E-state index in [9.17, 15) is 0 Å². The first-order valence-electron chi connectivity index (χ1n) is 2.95. The summed E-state index contributed by atoms with van der Waals surface area (Å²) in [6.45, 7) is 2.19. The highest BCUT2D eigenvalue weighted by molar-refractivity contribution is 5.50. The van der Waals surface area contributed by atoms with Gasteiger partial charge in [-0.2, -0.15) is 0 Å². The maximum Gasteiger partial charge on any atom is 0.0170 e. The molecule has 0 N–H and O–H groups in total. The molecule has 0 heteroatoms. The fourth-order valence-corrected chi connectivity index (χ4v) is 1.28. The van der Waals surface area contributed by atoms with Crippen molar-refractivity contribution < 1.29 is 0 Å². The summed E-state index contributed by atoms with van der Waals surface area (Å²) >= 11 is 0. The average Bonchev–Trinajstić information content (AvgIpc) is 2.29. The van der Waals surface area contributed by atoms with Crippen LogP contribution in [-0.2, 0) is 0 Å². The van der Waals surface area contributed by atoms with Crippen LogP contribution in [0.3, 0.4) is 0 Å². The Kier molecular flexibility index (Phi) is 0.587. The van der Waals surface area contributed by atoms with E-state index in [1.54, 1.807) is 0 Å². The lowest BCUT2D eigenvalue weighted by molar-refractivity contribution is 1.01. The normalized spacial score (nSPS) is 24.1. The SMILES string of the molecule is CC1=C2C=CC1C=C2. The second-order valence-corrected chi connectivity index (χ2v) is 2.38. The summed E-state index contributed by atoms with van der Waals surface area (Å²) in [5.74, 6) is 0.657. The Labute approximate surface area is 49.2 Å². The molecule has 0 aromatic rings. The van der Waals surface area contributed by atoms with E-state index in [4.69, 9.17) is 0 Å². The monoisotopic (exact) mass is 104 g/mol. The Balaban J connectivity index is 2.55. The van der Waals surface area contributed by atoms with E-state index in [0.29, 0.717) is 5.92 Å². The van der Waals surface area contributed by atoms with Gasteiger partial charge in [-0.15, -0.1) is 0 Å². The highest BCUT2D eigenvalue weighted by Crippen LogP contribution is 2.32. The molecule has 2 aliphatic carbocycles. The van der Waals surface area contributed by atoms with Gasteiger partial charge in [0.1, 0.15) is 0 Å². The predicted molar refractivity (Wildman–Crippen MR) is 34.5 cm³/mol. The summed E-state index contributed by atoms with van der Waals surface area (Å²) in [7, 11) is 0. The summed E-state index contributed by atoms with van der Waals surface area (Å²) in [5.41, 5.74) is 2.94. The topological polar surface area (TPSA) is 0 Å². The lowest BCUT2D eigenvalue weighted by atomic mass is 10.1. The van der Waals surface area contributed by atoms with Crippen LogP contribution >= 0.6 is 0 Å². The zero-order valence-electron chi connectivity index (χ0n) is 4.89. The van der Waals surface area contributed by atoms with Crippen molar-refractivity contribution in [3.05, 3.63) is 35.5 Å². The van der Waals surface area contributed by atoms with Crippen molar-refractivity contribution in [2.24, 2.45) is 5.92 Å². The Morgan fingerprint density at radius 1 is 1.25 bits per heavy atom. The molecule has 8 heavy (non-hydrogen) atoms. The summed E-state index contributed by atoms with van der Waals surface area (Å²) in [6, 6.07) is 0. The van der Waals surface area contributed by atoms with E-state index in [1.807, 2.05) is 0 Å². The van der Waals surface area contributed by atoms with E-state index in [1.165, 1.54) is 11.1 Å². The van der Waals surface area contributed by atoms with Crippen molar-refractivity contribution in [3.63, 3.8) is 0 Å². The van der Waals surface area contributed by atoms with Gasteiger partial charge in [0.15, 0.2) is 0 Å². The van der Waals surface area contributed by atoms with Crippen molar-refractivity contribution in [1.29, 1.82) is 0 Å². The standard InChI is InChI=1S/C8H8/c1-6-7-2-3-8(6)5-4-7/h2-5,7H,1H3. The van der Waals surface area contributed by atoms with E-state index in [2.05, 4.69) is 31.2 Å². The molecule has 2 rings (SSSR count). The van der Waals surface area contributed by atoms with Crippen LogP contribution in [0.1, 0.15) is 6.92 Å². The van der Waals surface area contributed by atoms with Crippen molar-refractivity contribution in [2.75, 3.05) is 0 Å². The van der Waals surface area contributed by atoms with Crippen molar-refractivity contribution in [1.82, 2.24) is 0 Å². The molecule has 0 unspecified atom stereocenters. The molecule has 0 nitrogen and oxygen atoms in total. The third-order valence-electron chi connectivity index (χ3n) is 1.92. The quantitative estimate of drug-likeness (QED) is 0.441. The van der Waals surface area contributed by atoms with Crippen LogP contribution in [0.4, 0.5) is 0 Å². The van der Waals surface area contributed by atoms with Gasteiger partial charge in [-0.05, 0) is 12.5 Å². The van der Waals surface area contributed by atoms with Gasteiger partial charge < -0.3 is 0 Å². The number of allylic oxidation sites excluding steroid dienone is 6. The third kappa shape index (κ3) is 0.313. The first-order valence-corrected chi connectivity index (χ1v) is 2.95. The molecule has 0 amide bonds. The van der Waals surface area contributed by atoms with Gasteiger partial charge in [-0.3, -0.25) is 0 Å². The maximum absolute atomic E-state index is 2.24. The van der Waals surface area contributed by atoms with Gasteiger partial charge in [0.05, 0.1) is 0 Å². The number of hydrogen-bond acceptors (Lipinski definition) is 0. The Bertz CT molecular complexity index is 188. The number of fused-ring (bicyclic) bond motifs is 1. The van der Waals surface area contributed by atoms with Gasteiger partial charge in [0.25, 0.3) is 0 Å². The number of rotatable bonds is 0. The minimum atomic E-state index is 0.657. The smallest absolute Gasteiger partial charge is 0.0170 e. The van der Waals surface area contributed by atoms with Crippen LogP contribution in [0.2, 0.25) is 0 Å². The van der Waals surface area contributed by atoms with Gasteiger partial charge in [-0.1, -0.05) is 29.9 Å². The fourth-order valence-electron chi connectivity index (χ4n) is 1.28. The zero-order valence-corrected chi connectivity index (χ0v) is 4.89. The highest BCUT2D eigenvalue weighted by atomic mass is 14.2. The van der Waals surface area contributed by atoms with Crippen LogP contribution in [0.5, 0.6) is 0 Å². The minimum Gasteiger partial charge on any atom is -0.0730 e. The van der Waals surface area contributed by atoms with Gasteiger partial charge in [0.2, 0.25) is 0 Å². The minimum absolute atomic E-state index is 0.657. The molecule has 0 aliphatic heterocycles. The summed E-state index contributed by atoms with van der Waals surface area (Å²) in [6.07, 6.45) is 8.87. The summed E-state index contributed by atoms with van der Waals surface area (Å²) in [5, 5.41) is 0. The molecule has 0 saturated heterocycles. The first-order chi connectivity index (χ1) is 3.88. The lowest BCUT2D eigenvalue weighted by Crippen LogP contribution is -1.83. The van der Waals surface area contributed by atoms with Gasteiger partial charge >= 0.3 is 0 Å². The molecule has 0 aromatic heterocycles. The molecule has 0 fully saturated rings. The largest absolute Gasteiger partial charge is 0.0730 e. The van der Waals surface area contributed by atoms with Gasteiger partial charge in [-0.25, -0.2) is 0 Å². The molecule has 0 spiro atoms. The molecule has 0 aromatic carbocycles. The maximum atomic E-state index is 2.24. The van der Waals surface area contributed by atoms with E-state index in [0.717, 1.165) is 0 Å². The van der Waals surface area contributed by atoms with Crippen molar-refractivity contribution in [3.8, 4) is 0 Å². The summed E-state index contributed by atoms with van der Waals surface area (Å²) in [4.78, 5) is 0. The van der Waals surface area contributed by atoms with E-state index >= 15 is 0 Å². The second kappa shape index (κ2) is 1.13. The average molecular weight is 104 g/mol. The second-order valence-electron chi connectivity index (χ2n) is 2.38. The molecular formula is C8H8. The Morgan fingerprint density at radius 2 is 1.88 bits per heavy atom. The van der Waals surface area contributed by atoms with Crippen LogP contribution in [0, 0.1) is 5.92 Å². The lowest BCUT2D eigenvalue weighted by Gasteiger charge is -1.95. The molecule has 0 radical (unpaired) electrons. The number of hydrogen-bond donors (Lipinski definition) is 0. The molecule has 2 aliphatic rings. The molecule has 2 bridgehead atoms.